The average Bonchev–Trinajstić information content (AvgIpc) is 3.32. The Morgan fingerprint density at radius 1 is 1.15 bits per heavy atom. The van der Waals surface area contributed by atoms with Crippen LogP contribution in [-0.2, 0) is 6.54 Å². The van der Waals surface area contributed by atoms with Crippen LogP contribution in [0.25, 0.3) is 16.4 Å². The van der Waals surface area contributed by atoms with Gasteiger partial charge < -0.3 is 24.5 Å². The van der Waals surface area contributed by atoms with Gasteiger partial charge in [-0.05, 0) is 75.1 Å². The lowest BCUT2D eigenvalue weighted by atomic mass is 10.1. The molecule has 10 heteroatoms. The second-order valence-electron chi connectivity index (χ2n) is 10.7. The van der Waals surface area contributed by atoms with E-state index < -0.39 is 0 Å². The Balaban J connectivity index is 1.29. The second-order valence-corrected chi connectivity index (χ2v) is 11.6. The van der Waals surface area contributed by atoms with Crippen LogP contribution in [0.1, 0.15) is 65.8 Å². The third kappa shape index (κ3) is 5.74. The van der Waals surface area contributed by atoms with Crippen molar-refractivity contribution in [2.45, 2.75) is 52.1 Å². The maximum Gasteiger partial charge on any atom is 0.257 e. The van der Waals surface area contributed by atoms with Crippen LogP contribution in [0.2, 0.25) is 0 Å². The first kappa shape index (κ1) is 26.8. The number of amides is 1. The van der Waals surface area contributed by atoms with Crippen LogP contribution in [0, 0.1) is 6.92 Å². The van der Waals surface area contributed by atoms with Gasteiger partial charge in [0.05, 0.1) is 40.9 Å². The van der Waals surface area contributed by atoms with Crippen LogP contribution < -0.4 is 15.4 Å². The number of anilines is 2. The smallest absolute Gasteiger partial charge is 0.257 e. The van der Waals surface area contributed by atoms with E-state index >= 15 is 0 Å². The van der Waals surface area contributed by atoms with E-state index in [0.717, 1.165) is 50.3 Å². The Kier molecular flexibility index (Phi) is 7.32. The minimum Gasteiger partial charge on any atom is -0.497 e. The monoisotopic (exact) mass is 567 g/mol. The van der Waals surface area contributed by atoms with E-state index in [0.29, 0.717) is 18.0 Å². The summed E-state index contributed by atoms with van der Waals surface area (Å²) >= 11 is 1.53. The van der Waals surface area contributed by atoms with Gasteiger partial charge in [0.15, 0.2) is 5.82 Å². The molecule has 1 amide bonds. The van der Waals surface area contributed by atoms with Crippen molar-refractivity contribution in [3.8, 4) is 22.1 Å². The highest BCUT2D eigenvalue weighted by Crippen LogP contribution is 2.39. The number of ether oxygens (including phenoxy) is 1. The van der Waals surface area contributed by atoms with Crippen LogP contribution in [0.5, 0.6) is 5.75 Å². The SMILES string of the molecule is COc1ccc(CNc2cc(C)c(-n3cnc(C4CC4)c3)cc2C(=O)Nc2csc(-c3nncn3C(C)C)c2)cc1. The van der Waals surface area contributed by atoms with E-state index in [1.807, 2.05) is 63.3 Å². The maximum atomic E-state index is 13.8. The minimum atomic E-state index is -0.194. The average molecular weight is 568 g/mol. The number of carbonyl (C=O) groups excluding carboxylic acids is 1. The molecule has 2 N–H and O–H groups in total. The first-order chi connectivity index (χ1) is 19.9. The maximum absolute atomic E-state index is 13.8. The number of benzene rings is 2. The van der Waals surface area contributed by atoms with Gasteiger partial charge in [-0.1, -0.05) is 12.1 Å². The molecule has 0 bridgehead atoms. The molecule has 0 atom stereocenters. The molecule has 1 saturated carbocycles. The van der Waals surface area contributed by atoms with Crippen molar-refractivity contribution in [3.63, 3.8) is 0 Å². The van der Waals surface area contributed by atoms with Crippen molar-refractivity contribution in [2.24, 2.45) is 0 Å². The first-order valence-electron chi connectivity index (χ1n) is 13.7. The topological polar surface area (TPSA) is 98.9 Å². The summed E-state index contributed by atoms with van der Waals surface area (Å²) in [6, 6.07) is 14.1. The molecule has 0 spiro atoms. The van der Waals surface area contributed by atoms with E-state index in [2.05, 4.69) is 52.8 Å². The molecule has 0 radical (unpaired) electrons. The Labute approximate surface area is 243 Å². The summed E-state index contributed by atoms with van der Waals surface area (Å²) in [5, 5.41) is 16.9. The predicted molar refractivity (Wildman–Crippen MR) is 162 cm³/mol. The quantitative estimate of drug-likeness (QED) is 0.192. The molecular weight excluding hydrogens is 534 g/mol. The van der Waals surface area contributed by atoms with Crippen molar-refractivity contribution in [1.29, 1.82) is 0 Å². The van der Waals surface area contributed by atoms with Crippen LogP contribution in [-0.4, -0.2) is 37.3 Å². The van der Waals surface area contributed by atoms with Gasteiger partial charge in [0, 0.05) is 35.8 Å². The molecule has 3 aromatic heterocycles. The van der Waals surface area contributed by atoms with Crippen molar-refractivity contribution < 1.29 is 9.53 Å². The number of hydrogen-bond donors (Lipinski definition) is 2. The molecular formula is C31H33N7O2S. The van der Waals surface area contributed by atoms with Crippen molar-refractivity contribution in [2.75, 3.05) is 17.7 Å². The first-order valence-corrected chi connectivity index (χ1v) is 14.6. The molecule has 3 heterocycles. The van der Waals surface area contributed by atoms with E-state index in [9.17, 15) is 4.79 Å². The molecule has 2 aromatic carbocycles. The number of carbonyl (C=O) groups is 1. The number of rotatable bonds is 10. The fraction of sp³-hybridized carbons (Fsp3) is 0.290. The fourth-order valence-corrected chi connectivity index (χ4v) is 5.65. The molecule has 9 nitrogen and oxygen atoms in total. The summed E-state index contributed by atoms with van der Waals surface area (Å²) in [7, 11) is 1.65. The van der Waals surface area contributed by atoms with Crippen LogP contribution >= 0.6 is 11.3 Å². The van der Waals surface area contributed by atoms with Crippen molar-refractivity contribution in [3.05, 3.63) is 89.1 Å². The largest absolute Gasteiger partial charge is 0.497 e. The highest BCUT2D eigenvalue weighted by atomic mass is 32.1. The second kappa shape index (κ2) is 11.2. The molecule has 0 saturated heterocycles. The Bertz CT molecular complexity index is 1680. The van der Waals surface area contributed by atoms with Crippen molar-refractivity contribution in [1.82, 2.24) is 24.3 Å². The summed E-state index contributed by atoms with van der Waals surface area (Å²) < 4.78 is 9.33. The van der Waals surface area contributed by atoms with Crippen LogP contribution in [0.4, 0.5) is 11.4 Å². The van der Waals surface area contributed by atoms with Gasteiger partial charge in [-0.3, -0.25) is 4.79 Å². The van der Waals surface area contributed by atoms with Gasteiger partial charge in [-0.15, -0.1) is 21.5 Å². The highest BCUT2D eigenvalue weighted by Gasteiger charge is 2.26. The number of imidazole rings is 1. The number of nitrogens with one attached hydrogen (secondary N) is 2. The summed E-state index contributed by atoms with van der Waals surface area (Å²) in [4.78, 5) is 19.4. The molecule has 5 aromatic rings. The summed E-state index contributed by atoms with van der Waals surface area (Å²) in [6.07, 6.45) is 8.04. The van der Waals surface area contributed by atoms with Gasteiger partial charge in [0.2, 0.25) is 0 Å². The van der Waals surface area contributed by atoms with Crippen LogP contribution in [0.15, 0.2) is 66.7 Å². The molecule has 1 fully saturated rings. The number of nitrogens with zero attached hydrogens (tertiary/aromatic N) is 5. The fourth-order valence-electron chi connectivity index (χ4n) is 4.82. The zero-order chi connectivity index (χ0) is 28.5. The summed E-state index contributed by atoms with van der Waals surface area (Å²) in [5.74, 6) is 1.96. The lowest BCUT2D eigenvalue weighted by molar-refractivity contribution is 0.102. The van der Waals surface area contributed by atoms with E-state index in [4.69, 9.17) is 4.74 Å². The molecule has 210 valence electrons. The Hall–Kier alpha value is -4.44. The summed E-state index contributed by atoms with van der Waals surface area (Å²) in [5.41, 5.74) is 6.20. The number of hydrogen-bond acceptors (Lipinski definition) is 7. The molecule has 1 aliphatic carbocycles. The third-order valence-electron chi connectivity index (χ3n) is 7.31. The lowest BCUT2D eigenvalue weighted by Crippen LogP contribution is -2.16. The van der Waals surface area contributed by atoms with E-state index in [1.165, 1.54) is 24.2 Å². The highest BCUT2D eigenvalue weighted by molar-refractivity contribution is 7.14. The Morgan fingerprint density at radius 3 is 2.68 bits per heavy atom. The summed E-state index contributed by atoms with van der Waals surface area (Å²) in [6.45, 7) is 6.80. The molecule has 0 unspecified atom stereocenters. The lowest BCUT2D eigenvalue weighted by Gasteiger charge is -2.17. The molecule has 1 aliphatic rings. The Morgan fingerprint density at radius 2 is 1.95 bits per heavy atom. The van der Waals surface area contributed by atoms with Gasteiger partial charge in [0.1, 0.15) is 12.1 Å². The van der Waals surface area contributed by atoms with Crippen molar-refractivity contribution >= 4 is 28.6 Å². The number of thiophene rings is 1. The predicted octanol–water partition coefficient (Wildman–Crippen LogP) is 6.83. The zero-order valence-electron chi connectivity index (χ0n) is 23.6. The van der Waals surface area contributed by atoms with Gasteiger partial charge in [-0.2, -0.15) is 0 Å². The molecule has 41 heavy (non-hydrogen) atoms. The third-order valence-corrected chi connectivity index (χ3v) is 8.23. The van der Waals surface area contributed by atoms with E-state index in [-0.39, 0.29) is 11.9 Å². The number of methoxy groups -OCH3 is 1. The minimum absolute atomic E-state index is 0.194. The molecule has 6 rings (SSSR count). The standard InChI is InChI=1S/C31H33N7O2S/c1-19(2)38-18-34-36-30(38)29-12-23(16-41-29)35-31(39)25-13-28(37-15-27(33-17-37)22-7-8-22)20(3)11-26(25)32-14-21-5-9-24(40-4)10-6-21/h5-6,9-13,15-19,22,32H,7-8,14H2,1-4H3,(H,35,39). The van der Waals surface area contributed by atoms with Gasteiger partial charge >= 0.3 is 0 Å². The normalized spacial score (nSPS) is 13.0. The molecule has 0 aliphatic heterocycles. The zero-order valence-corrected chi connectivity index (χ0v) is 24.4. The number of aromatic nitrogens is 5. The number of aryl methyl sites for hydroxylation is 1. The van der Waals surface area contributed by atoms with E-state index in [1.54, 1.807) is 13.4 Å². The van der Waals surface area contributed by atoms with Crippen LogP contribution in [0.3, 0.4) is 0 Å². The van der Waals surface area contributed by atoms with Gasteiger partial charge in [0.25, 0.3) is 5.91 Å². The van der Waals surface area contributed by atoms with Gasteiger partial charge in [-0.25, -0.2) is 4.98 Å².